The van der Waals surface area contributed by atoms with Gasteiger partial charge in [0.15, 0.2) is 6.61 Å². The monoisotopic (exact) mass is 403 g/mol. The predicted molar refractivity (Wildman–Crippen MR) is 103 cm³/mol. The number of esters is 1. The van der Waals surface area contributed by atoms with Crippen LogP contribution in [-0.4, -0.2) is 45.6 Å². The Labute approximate surface area is 161 Å². The highest BCUT2D eigenvalue weighted by molar-refractivity contribution is 7.92. The molecule has 28 heavy (non-hydrogen) atoms. The number of sulfonamides is 1. The van der Waals surface area contributed by atoms with Crippen LogP contribution in [0.2, 0.25) is 0 Å². The lowest BCUT2D eigenvalue weighted by Gasteiger charge is -2.28. The van der Waals surface area contributed by atoms with Crippen molar-refractivity contribution < 1.29 is 27.5 Å². The highest BCUT2D eigenvalue weighted by atomic mass is 32.2. The summed E-state index contributed by atoms with van der Waals surface area (Å²) in [6.07, 6.45) is 0.956. The van der Waals surface area contributed by atoms with Crippen LogP contribution in [0.1, 0.15) is 10.4 Å². The van der Waals surface area contributed by atoms with Crippen molar-refractivity contribution in [3.8, 4) is 0 Å². The number of benzene rings is 2. The normalized spacial score (nSPS) is 13.3. The predicted octanol–water partition coefficient (Wildman–Crippen LogP) is 1.20. The van der Waals surface area contributed by atoms with E-state index < -0.39 is 28.5 Å². The number of hydrogen-bond donors (Lipinski definition) is 2. The molecule has 0 fully saturated rings. The highest BCUT2D eigenvalue weighted by Gasteiger charge is 2.27. The molecule has 3 rings (SSSR count). The summed E-state index contributed by atoms with van der Waals surface area (Å²) in [5.74, 6) is -1.81. The third kappa shape index (κ3) is 4.46. The molecule has 146 valence electrons. The van der Waals surface area contributed by atoms with Crippen molar-refractivity contribution in [1.82, 2.24) is 0 Å². The van der Waals surface area contributed by atoms with Gasteiger partial charge in [0.1, 0.15) is 6.54 Å². The SMILES string of the molecule is CS(=O)(=O)Nc1ccccc1C(=O)OCC(=O)N1CC(=O)Nc2ccccc21. The van der Waals surface area contributed by atoms with Crippen molar-refractivity contribution in [2.75, 3.05) is 34.3 Å². The van der Waals surface area contributed by atoms with Crippen molar-refractivity contribution in [3.05, 3.63) is 54.1 Å². The van der Waals surface area contributed by atoms with Crippen LogP contribution in [-0.2, 0) is 24.3 Å². The standard InChI is InChI=1S/C18H17N3O6S/c1-28(25,26)20-13-7-3-2-6-12(13)18(24)27-11-17(23)21-10-16(22)19-14-8-4-5-9-15(14)21/h2-9,20H,10-11H2,1H3,(H,19,22). The average Bonchev–Trinajstić information content (AvgIpc) is 2.64. The molecule has 0 saturated heterocycles. The lowest BCUT2D eigenvalue weighted by Crippen LogP contribution is -2.44. The van der Waals surface area contributed by atoms with Crippen LogP contribution >= 0.6 is 0 Å². The van der Waals surface area contributed by atoms with E-state index in [1.54, 1.807) is 30.3 Å². The third-order valence-corrected chi connectivity index (χ3v) is 4.43. The fourth-order valence-electron chi connectivity index (χ4n) is 2.69. The Morgan fingerprint density at radius 1 is 1.14 bits per heavy atom. The van der Waals surface area contributed by atoms with E-state index in [0.717, 1.165) is 6.26 Å². The zero-order valence-corrected chi connectivity index (χ0v) is 15.7. The van der Waals surface area contributed by atoms with Gasteiger partial charge in [-0.3, -0.25) is 19.2 Å². The first-order chi connectivity index (χ1) is 13.2. The van der Waals surface area contributed by atoms with Gasteiger partial charge in [-0.25, -0.2) is 13.2 Å². The summed E-state index contributed by atoms with van der Waals surface area (Å²) >= 11 is 0. The van der Waals surface area contributed by atoms with E-state index in [-0.39, 0.29) is 23.7 Å². The molecular weight excluding hydrogens is 386 g/mol. The lowest BCUT2D eigenvalue weighted by molar-refractivity contribution is -0.124. The second-order valence-electron chi connectivity index (χ2n) is 6.04. The Hall–Kier alpha value is -3.40. The lowest BCUT2D eigenvalue weighted by atomic mass is 10.2. The van der Waals surface area contributed by atoms with E-state index in [2.05, 4.69) is 10.0 Å². The molecule has 1 heterocycles. The van der Waals surface area contributed by atoms with Gasteiger partial charge < -0.3 is 10.1 Å². The molecule has 2 N–H and O–H groups in total. The van der Waals surface area contributed by atoms with Gasteiger partial charge in [0.2, 0.25) is 15.9 Å². The number of amides is 2. The van der Waals surface area contributed by atoms with Gasteiger partial charge in [0.25, 0.3) is 5.91 Å². The fourth-order valence-corrected chi connectivity index (χ4v) is 3.27. The Morgan fingerprint density at radius 2 is 1.82 bits per heavy atom. The molecule has 9 nitrogen and oxygen atoms in total. The fraction of sp³-hybridized carbons (Fsp3) is 0.167. The Morgan fingerprint density at radius 3 is 2.57 bits per heavy atom. The molecular formula is C18H17N3O6S. The van der Waals surface area contributed by atoms with Crippen molar-refractivity contribution in [2.45, 2.75) is 0 Å². The summed E-state index contributed by atoms with van der Waals surface area (Å²) in [6.45, 7) is -0.798. The van der Waals surface area contributed by atoms with Gasteiger partial charge in [-0.1, -0.05) is 24.3 Å². The van der Waals surface area contributed by atoms with Gasteiger partial charge in [-0.15, -0.1) is 0 Å². The molecule has 0 aromatic heterocycles. The molecule has 10 heteroatoms. The number of fused-ring (bicyclic) bond motifs is 1. The minimum Gasteiger partial charge on any atom is -0.452 e. The topological polar surface area (TPSA) is 122 Å². The summed E-state index contributed by atoms with van der Waals surface area (Å²) in [7, 11) is -3.60. The average molecular weight is 403 g/mol. The molecule has 0 radical (unpaired) electrons. The zero-order chi connectivity index (χ0) is 20.3. The molecule has 2 amide bonds. The van der Waals surface area contributed by atoms with Gasteiger partial charge in [-0.05, 0) is 24.3 Å². The molecule has 0 atom stereocenters. The van der Waals surface area contributed by atoms with E-state index >= 15 is 0 Å². The zero-order valence-electron chi connectivity index (χ0n) is 14.8. The summed E-state index contributed by atoms with van der Waals surface area (Å²) in [5.41, 5.74) is 1.01. The molecule has 2 aromatic carbocycles. The smallest absolute Gasteiger partial charge is 0.340 e. The number of ether oxygens (including phenoxy) is 1. The van der Waals surface area contributed by atoms with Gasteiger partial charge in [0.05, 0.1) is 28.9 Å². The minimum atomic E-state index is -3.60. The largest absolute Gasteiger partial charge is 0.452 e. The third-order valence-electron chi connectivity index (χ3n) is 3.84. The Balaban J connectivity index is 1.72. The number of carbonyl (C=O) groups is 3. The first-order valence-corrected chi connectivity index (χ1v) is 10.1. The number of nitrogens with zero attached hydrogens (tertiary/aromatic N) is 1. The van der Waals surface area contributed by atoms with Crippen molar-refractivity contribution in [1.29, 1.82) is 0 Å². The van der Waals surface area contributed by atoms with Crippen LogP contribution in [0.5, 0.6) is 0 Å². The highest BCUT2D eigenvalue weighted by Crippen LogP contribution is 2.29. The van der Waals surface area contributed by atoms with Crippen LogP contribution in [0.3, 0.4) is 0 Å². The second-order valence-corrected chi connectivity index (χ2v) is 7.79. The van der Waals surface area contributed by atoms with Crippen molar-refractivity contribution in [2.24, 2.45) is 0 Å². The summed E-state index contributed by atoms with van der Waals surface area (Å²) in [5, 5.41) is 2.66. The number of rotatable bonds is 5. The van der Waals surface area contributed by atoms with Crippen molar-refractivity contribution >= 4 is 44.9 Å². The number of nitrogens with one attached hydrogen (secondary N) is 2. The van der Waals surface area contributed by atoms with Crippen LogP contribution in [0.25, 0.3) is 0 Å². The van der Waals surface area contributed by atoms with E-state index in [0.29, 0.717) is 11.4 Å². The van der Waals surface area contributed by atoms with Gasteiger partial charge >= 0.3 is 5.97 Å². The molecule has 0 aliphatic carbocycles. The Kier molecular flexibility index (Phi) is 5.32. The summed E-state index contributed by atoms with van der Waals surface area (Å²) in [4.78, 5) is 37.9. The molecule has 0 spiro atoms. The summed E-state index contributed by atoms with van der Waals surface area (Å²) < 4.78 is 30.1. The van der Waals surface area contributed by atoms with Crippen LogP contribution in [0.4, 0.5) is 17.1 Å². The molecule has 1 aliphatic rings. The van der Waals surface area contributed by atoms with Gasteiger partial charge in [0, 0.05) is 0 Å². The van der Waals surface area contributed by atoms with E-state index in [1.165, 1.54) is 23.1 Å². The first kappa shape index (κ1) is 19.4. The van der Waals surface area contributed by atoms with Crippen LogP contribution < -0.4 is 14.9 Å². The maximum absolute atomic E-state index is 12.5. The van der Waals surface area contributed by atoms with E-state index in [9.17, 15) is 22.8 Å². The quantitative estimate of drug-likeness (QED) is 0.724. The van der Waals surface area contributed by atoms with E-state index in [1.807, 2.05) is 0 Å². The summed E-state index contributed by atoms with van der Waals surface area (Å²) in [6, 6.07) is 12.6. The Bertz CT molecular complexity index is 1050. The molecule has 0 saturated carbocycles. The molecule has 0 bridgehead atoms. The maximum atomic E-state index is 12.5. The number of anilines is 3. The van der Waals surface area contributed by atoms with Gasteiger partial charge in [-0.2, -0.15) is 0 Å². The number of para-hydroxylation sites is 3. The molecule has 1 aliphatic heterocycles. The number of hydrogen-bond acceptors (Lipinski definition) is 6. The van der Waals surface area contributed by atoms with Crippen LogP contribution in [0.15, 0.2) is 48.5 Å². The van der Waals surface area contributed by atoms with Crippen molar-refractivity contribution in [3.63, 3.8) is 0 Å². The molecule has 2 aromatic rings. The molecule has 0 unspecified atom stereocenters. The van der Waals surface area contributed by atoms with E-state index in [4.69, 9.17) is 4.74 Å². The number of carbonyl (C=O) groups excluding carboxylic acids is 3. The van der Waals surface area contributed by atoms with Crippen LogP contribution in [0, 0.1) is 0 Å². The maximum Gasteiger partial charge on any atom is 0.340 e. The minimum absolute atomic E-state index is 0.0301. The first-order valence-electron chi connectivity index (χ1n) is 8.18. The second kappa shape index (κ2) is 7.69.